The number of phosphoric ester groups is 1. The Kier molecular flexibility index (Phi) is 36.3. The number of unbranched alkanes of at least 4 members (excludes halogenated alkanes) is 11. The highest BCUT2D eigenvalue weighted by molar-refractivity contribution is 7.47. The van der Waals surface area contributed by atoms with E-state index in [-0.39, 0.29) is 32.6 Å². The van der Waals surface area contributed by atoms with Crippen LogP contribution in [0.3, 0.4) is 0 Å². The largest absolute Gasteiger partial charge is 0.472 e. The Balaban J connectivity index is 4.33. The molecule has 0 heterocycles. The number of hydrogen-bond donors (Lipinski definition) is 2. The maximum atomic E-state index is 12.5. The first kappa shape index (κ1) is 49.5. The van der Waals surface area contributed by atoms with E-state index in [1.54, 1.807) is 0 Å². The number of phosphoric acid groups is 1. The number of allylic oxidation sites excluding steroid dienone is 12. The molecule has 0 aliphatic heterocycles. The summed E-state index contributed by atoms with van der Waals surface area (Å²) in [7, 11) is -4.39. The van der Waals surface area contributed by atoms with E-state index in [1.807, 2.05) is 6.08 Å². The Morgan fingerprint density at radius 3 is 1.65 bits per heavy atom. The van der Waals surface area contributed by atoms with Crippen LogP contribution in [0.2, 0.25) is 0 Å². The van der Waals surface area contributed by atoms with Crippen LogP contribution in [-0.2, 0) is 32.7 Å². The lowest BCUT2D eigenvalue weighted by molar-refractivity contribution is -0.161. The van der Waals surface area contributed by atoms with Gasteiger partial charge in [-0.3, -0.25) is 18.6 Å². The van der Waals surface area contributed by atoms with Crippen LogP contribution in [0.1, 0.15) is 149 Å². The van der Waals surface area contributed by atoms with Gasteiger partial charge in [0.1, 0.15) is 6.61 Å². The zero-order valence-corrected chi connectivity index (χ0v) is 33.4. The van der Waals surface area contributed by atoms with Gasteiger partial charge in [0.25, 0.3) is 0 Å². The fourth-order valence-electron chi connectivity index (χ4n) is 4.90. The minimum absolute atomic E-state index is 0.0411. The minimum Gasteiger partial charge on any atom is -0.462 e. The highest BCUT2D eigenvalue weighted by Gasteiger charge is 2.25. The van der Waals surface area contributed by atoms with Gasteiger partial charge in [-0.25, -0.2) is 4.57 Å². The number of carbonyl (C=O) groups is 2. The molecule has 0 radical (unpaired) electrons. The quantitative estimate of drug-likeness (QED) is 0.0278. The standard InChI is InChI=1S/C42H72NO8P/c1-3-5-7-9-11-13-15-17-19-20-21-23-24-26-28-30-32-34-41(44)48-38-40(39-50-52(46,47)49-37-36-43)51-42(45)35-33-31-29-27-25-22-18-16-14-12-10-8-6-4-2/h5,7,11,13,16-19,21,23,26,28,40H,3-4,6,8-10,12,14-15,20,22,24-25,27,29-39,43H2,1-2H3,(H,46,47)/b7-5+,13-11+,18-16+,19-17+,23-21+,28-26+/t40-/m1/s1. The van der Waals surface area contributed by atoms with E-state index >= 15 is 0 Å². The molecule has 0 aromatic rings. The molecule has 0 fully saturated rings. The third-order valence-electron chi connectivity index (χ3n) is 7.83. The van der Waals surface area contributed by atoms with Crippen LogP contribution in [0.5, 0.6) is 0 Å². The first-order valence-electron chi connectivity index (χ1n) is 19.9. The lowest BCUT2D eigenvalue weighted by Crippen LogP contribution is -2.29. The summed E-state index contributed by atoms with van der Waals surface area (Å²) in [4.78, 5) is 34.7. The summed E-state index contributed by atoms with van der Waals surface area (Å²) in [5.41, 5.74) is 5.33. The van der Waals surface area contributed by atoms with Crippen molar-refractivity contribution in [2.24, 2.45) is 5.73 Å². The Labute approximate surface area is 316 Å². The molecule has 0 amide bonds. The number of rotatable bonds is 36. The number of ether oxygens (including phenoxy) is 2. The van der Waals surface area contributed by atoms with E-state index in [0.717, 1.165) is 70.6 Å². The van der Waals surface area contributed by atoms with Crippen molar-refractivity contribution >= 4 is 19.8 Å². The van der Waals surface area contributed by atoms with E-state index in [9.17, 15) is 19.0 Å². The fraction of sp³-hybridized carbons (Fsp3) is 0.667. The van der Waals surface area contributed by atoms with Gasteiger partial charge in [0.05, 0.1) is 13.2 Å². The van der Waals surface area contributed by atoms with Crippen molar-refractivity contribution in [3.05, 3.63) is 72.9 Å². The summed E-state index contributed by atoms with van der Waals surface area (Å²) in [5, 5.41) is 0. The minimum atomic E-state index is -4.39. The van der Waals surface area contributed by atoms with Crippen LogP contribution < -0.4 is 5.73 Å². The van der Waals surface area contributed by atoms with Crippen LogP contribution in [0.25, 0.3) is 0 Å². The van der Waals surface area contributed by atoms with E-state index in [1.165, 1.54) is 38.5 Å². The maximum Gasteiger partial charge on any atom is 0.472 e. The van der Waals surface area contributed by atoms with Crippen molar-refractivity contribution in [1.82, 2.24) is 0 Å². The van der Waals surface area contributed by atoms with Crippen molar-refractivity contribution in [2.75, 3.05) is 26.4 Å². The average molecular weight is 750 g/mol. The van der Waals surface area contributed by atoms with E-state index < -0.39 is 32.5 Å². The lowest BCUT2D eigenvalue weighted by atomic mass is 10.1. The summed E-state index contributed by atoms with van der Waals surface area (Å²) < 4.78 is 32.6. The highest BCUT2D eigenvalue weighted by atomic mass is 31.2. The number of nitrogens with two attached hydrogens (primary N) is 1. The molecule has 1 unspecified atom stereocenters. The second-order valence-corrected chi connectivity index (χ2v) is 14.2. The number of esters is 2. The van der Waals surface area contributed by atoms with Gasteiger partial charge >= 0.3 is 19.8 Å². The summed E-state index contributed by atoms with van der Waals surface area (Å²) in [5.74, 6) is -0.914. The summed E-state index contributed by atoms with van der Waals surface area (Å²) >= 11 is 0. The first-order valence-corrected chi connectivity index (χ1v) is 21.4. The van der Waals surface area contributed by atoms with Gasteiger partial charge in [-0.15, -0.1) is 0 Å². The lowest BCUT2D eigenvalue weighted by Gasteiger charge is -2.19. The van der Waals surface area contributed by atoms with Gasteiger partial charge in [-0.1, -0.05) is 132 Å². The summed E-state index contributed by atoms with van der Waals surface area (Å²) in [6, 6.07) is 0. The second kappa shape index (κ2) is 38.2. The molecule has 52 heavy (non-hydrogen) atoms. The van der Waals surface area contributed by atoms with Crippen LogP contribution in [0, 0.1) is 0 Å². The molecular weight excluding hydrogens is 677 g/mol. The van der Waals surface area contributed by atoms with Gasteiger partial charge < -0.3 is 20.1 Å². The van der Waals surface area contributed by atoms with E-state index in [0.29, 0.717) is 12.8 Å². The molecule has 0 saturated heterocycles. The predicted molar refractivity (Wildman–Crippen MR) is 215 cm³/mol. The zero-order valence-electron chi connectivity index (χ0n) is 32.5. The van der Waals surface area contributed by atoms with Gasteiger partial charge in [0, 0.05) is 19.4 Å². The molecule has 0 aromatic heterocycles. The third kappa shape index (κ3) is 37.2. The highest BCUT2D eigenvalue weighted by Crippen LogP contribution is 2.43. The van der Waals surface area contributed by atoms with Crippen molar-refractivity contribution in [3.63, 3.8) is 0 Å². The third-order valence-corrected chi connectivity index (χ3v) is 8.81. The van der Waals surface area contributed by atoms with E-state index in [4.69, 9.17) is 24.3 Å². The molecule has 0 bridgehead atoms. The SMILES string of the molecule is CC/C=C/C/C=C/C/C=C/C/C=C/C/C=C/CCCC(=O)OC[C@H](COP(=O)(O)OCCN)OC(=O)CCCCCCC/C=C/CCCCCCC. The molecule has 0 saturated carbocycles. The Bertz CT molecular complexity index is 1080. The topological polar surface area (TPSA) is 134 Å². The van der Waals surface area contributed by atoms with Crippen LogP contribution >= 0.6 is 7.82 Å². The van der Waals surface area contributed by atoms with Gasteiger partial charge in [0.15, 0.2) is 6.10 Å². The number of carbonyl (C=O) groups excluding carboxylic acids is 2. The second-order valence-electron chi connectivity index (χ2n) is 12.8. The smallest absolute Gasteiger partial charge is 0.462 e. The van der Waals surface area contributed by atoms with Crippen molar-refractivity contribution < 1.29 is 37.6 Å². The number of hydrogen-bond acceptors (Lipinski definition) is 8. The molecule has 2 atom stereocenters. The molecule has 0 aliphatic rings. The maximum absolute atomic E-state index is 12.5. The monoisotopic (exact) mass is 749 g/mol. The molecule has 0 rings (SSSR count). The van der Waals surface area contributed by atoms with Gasteiger partial charge in [-0.2, -0.15) is 0 Å². The predicted octanol–water partition coefficient (Wildman–Crippen LogP) is 11.1. The molecule has 298 valence electrons. The molecule has 10 heteroatoms. The Morgan fingerprint density at radius 1 is 0.596 bits per heavy atom. The first-order chi connectivity index (χ1) is 25.3. The normalized spacial score (nSPS) is 14.2. The molecule has 0 spiro atoms. The van der Waals surface area contributed by atoms with Crippen LogP contribution in [0.15, 0.2) is 72.9 Å². The van der Waals surface area contributed by atoms with Crippen molar-refractivity contribution in [1.29, 1.82) is 0 Å². The zero-order chi connectivity index (χ0) is 38.2. The van der Waals surface area contributed by atoms with E-state index in [2.05, 4.69) is 80.7 Å². The Morgan fingerprint density at radius 2 is 1.08 bits per heavy atom. The molecule has 9 nitrogen and oxygen atoms in total. The molecule has 3 N–H and O–H groups in total. The Hall–Kier alpha value is -2.55. The van der Waals surface area contributed by atoms with Crippen molar-refractivity contribution in [3.8, 4) is 0 Å². The summed E-state index contributed by atoms with van der Waals surface area (Å²) in [6.45, 7) is 3.51. The van der Waals surface area contributed by atoms with Crippen LogP contribution in [-0.4, -0.2) is 49.3 Å². The molecular formula is C42H72NO8P. The average Bonchev–Trinajstić information content (AvgIpc) is 3.13. The summed E-state index contributed by atoms with van der Waals surface area (Å²) in [6.07, 6.45) is 45.1. The molecule has 0 aromatic carbocycles. The molecule has 0 aliphatic carbocycles. The van der Waals surface area contributed by atoms with Gasteiger partial charge in [-0.05, 0) is 77.0 Å². The van der Waals surface area contributed by atoms with Crippen LogP contribution in [0.4, 0.5) is 0 Å². The fourth-order valence-corrected chi connectivity index (χ4v) is 5.66. The van der Waals surface area contributed by atoms with Crippen molar-refractivity contribution in [2.45, 2.75) is 155 Å². The van der Waals surface area contributed by atoms with Gasteiger partial charge in [0.2, 0.25) is 0 Å².